The molecule has 1 rings (SSSR count). The van der Waals surface area contributed by atoms with Crippen molar-refractivity contribution in [3.8, 4) is 0 Å². The lowest BCUT2D eigenvalue weighted by molar-refractivity contribution is -0.118. The van der Waals surface area contributed by atoms with Gasteiger partial charge < -0.3 is 10.6 Å². The first-order valence-corrected chi connectivity index (χ1v) is 8.12. The van der Waals surface area contributed by atoms with Crippen LogP contribution in [0.4, 0.5) is 0 Å². The normalized spacial score (nSPS) is 20.4. The van der Waals surface area contributed by atoms with Crippen molar-refractivity contribution in [2.24, 2.45) is 0 Å². The van der Waals surface area contributed by atoms with Gasteiger partial charge in [0, 0.05) is 19.9 Å². The van der Waals surface area contributed by atoms with Crippen molar-refractivity contribution in [1.82, 2.24) is 10.6 Å². The first-order valence-electron chi connectivity index (χ1n) is 3.71. The molecule has 1 aliphatic heterocycles. The maximum atomic E-state index is 10.8. The van der Waals surface area contributed by atoms with Crippen LogP contribution in [0.5, 0.6) is 0 Å². The Hall–Kier alpha value is -0.270. The smallest absolute Gasteiger partial charge is 0.221 e. The van der Waals surface area contributed by atoms with Crippen molar-refractivity contribution in [2.45, 2.75) is 13.8 Å². The number of hydrogen-bond acceptors (Lipinski definition) is 3. The first kappa shape index (κ1) is 11.8. The van der Waals surface area contributed by atoms with E-state index in [-0.39, 0.29) is 19.8 Å². The van der Waals surface area contributed by atoms with E-state index in [1.165, 1.54) is 24.6 Å². The van der Waals surface area contributed by atoms with Crippen LogP contribution in [0, 0.1) is 0 Å². The molecule has 14 heavy (non-hydrogen) atoms. The molecule has 1 heterocycles. The Labute approximate surface area is 95.4 Å². The first-order chi connectivity index (χ1) is 6.49. The van der Waals surface area contributed by atoms with Crippen LogP contribution in [0.1, 0.15) is 13.8 Å². The van der Waals surface area contributed by atoms with Gasteiger partial charge in [-0.15, -0.1) is 0 Å². The molecule has 78 valence electrons. The van der Waals surface area contributed by atoms with Crippen molar-refractivity contribution >= 4 is 50.4 Å². The van der Waals surface area contributed by atoms with Crippen LogP contribution in [0.15, 0.2) is 11.1 Å². The van der Waals surface area contributed by atoms with Crippen molar-refractivity contribution in [1.29, 1.82) is 0 Å². The van der Waals surface area contributed by atoms with Gasteiger partial charge in [0.2, 0.25) is 11.8 Å². The molecule has 1 atom stereocenters. The predicted octanol–water partition coefficient (Wildman–Crippen LogP) is 1.47. The fourth-order valence-electron chi connectivity index (χ4n) is 0.793. The highest BCUT2D eigenvalue weighted by molar-refractivity contribution is 9.64. The van der Waals surface area contributed by atoms with Gasteiger partial charge in [-0.3, -0.25) is 9.59 Å². The molecule has 4 nitrogen and oxygen atoms in total. The molecule has 1 aliphatic rings. The molecule has 0 aromatic heterocycles. The highest BCUT2D eigenvalue weighted by Crippen LogP contribution is 2.47. The second kappa shape index (κ2) is 4.99. The van der Waals surface area contributed by atoms with Crippen LogP contribution in [-0.2, 0) is 9.59 Å². The maximum absolute atomic E-state index is 10.8. The van der Waals surface area contributed by atoms with E-state index >= 15 is 0 Å². The fraction of sp³-hybridized carbons (Fsp3) is 0.286. The highest BCUT2D eigenvalue weighted by Gasteiger charge is 2.15. The minimum atomic E-state index is -0.271. The molecule has 0 saturated heterocycles. The SMILES string of the molecule is CC(=O)NC1=CC(NC(C)=O)=S(Br)S1. The zero-order chi connectivity index (χ0) is 10.7. The predicted molar refractivity (Wildman–Crippen MR) is 64.8 cm³/mol. The van der Waals surface area contributed by atoms with Crippen LogP contribution in [0.2, 0.25) is 0 Å². The Balaban J connectivity index is 2.66. The third kappa shape index (κ3) is 3.47. The summed E-state index contributed by atoms with van der Waals surface area (Å²) >= 11 is 3.40. The highest BCUT2D eigenvalue weighted by atomic mass is 79.9. The van der Waals surface area contributed by atoms with Crippen molar-refractivity contribution in [3.05, 3.63) is 11.1 Å². The lowest BCUT2D eigenvalue weighted by atomic mass is 10.5. The number of amides is 2. The van der Waals surface area contributed by atoms with Crippen LogP contribution >= 0.6 is 33.6 Å². The summed E-state index contributed by atoms with van der Waals surface area (Å²) in [5, 5.41) is 6.11. The van der Waals surface area contributed by atoms with Crippen LogP contribution in [0.25, 0.3) is 0 Å². The Morgan fingerprint density at radius 1 is 1.36 bits per heavy atom. The summed E-state index contributed by atoms with van der Waals surface area (Å²) < 4.78 is 0. The molecule has 0 spiro atoms. The van der Waals surface area contributed by atoms with E-state index in [9.17, 15) is 9.59 Å². The van der Waals surface area contributed by atoms with Crippen LogP contribution < -0.4 is 10.6 Å². The zero-order valence-corrected chi connectivity index (χ0v) is 10.8. The third-order valence-corrected chi connectivity index (χ3v) is 6.06. The van der Waals surface area contributed by atoms with Gasteiger partial charge in [0.1, 0.15) is 0 Å². The number of carbonyl (C=O) groups is 2. The van der Waals surface area contributed by atoms with Crippen molar-refractivity contribution in [3.63, 3.8) is 0 Å². The second-order valence-corrected chi connectivity index (χ2v) is 8.76. The lowest BCUT2D eigenvalue weighted by Gasteiger charge is -1.99. The topological polar surface area (TPSA) is 58.2 Å². The molecule has 2 N–H and O–H groups in total. The molecular formula is C7H9BrN2O2S2. The van der Waals surface area contributed by atoms with E-state index in [4.69, 9.17) is 0 Å². The van der Waals surface area contributed by atoms with E-state index in [0.717, 1.165) is 10.0 Å². The second-order valence-electron chi connectivity index (χ2n) is 2.54. The molecule has 0 fully saturated rings. The zero-order valence-electron chi connectivity index (χ0n) is 7.59. The quantitative estimate of drug-likeness (QED) is 0.569. The summed E-state index contributed by atoms with van der Waals surface area (Å²) in [6, 6.07) is 0. The molecule has 0 saturated carbocycles. The molecule has 0 aromatic carbocycles. The van der Waals surface area contributed by atoms with E-state index < -0.39 is 0 Å². The lowest BCUT2D eigenvalue weighted by Crippen LogP contribution is -2.25. The number of rotatable bonds is 1. The summed E-state index contributed by atoms with van der Waals surface area (Å²) in [5.41, 5.74) is 0. The van der Waals surface area contributed by atoms with E-state index in [2.05, 4.69) is 25.4 Å². The van der Waals surface area contributed by atoms with E-state index in [0.29, 0.717) is 0 Å². The Bertz CT molecular complexity index is 352. The summed E-state index contributed by atoms with van der Waals surface area (Å²) in [6.07, 6.45) is 1.76. The molecule has 2 amide bonds. The number of nitrogens with one attached hydrogen (secondary N) is 2. The third-order valence-electron chi connectivity index (χ3n) is 1.20. The Morgan fingerprint density at radius 2 is 1.93 bits per heavy atom. The minimum absolute atomic E-state index is 0.113. The van der Waals surface area contributed by atoms with Gasteiger partial charge in [0.15, 0.2) is 0 Å². The van der Waals surface area contributed by atoms with Gasteiger partial charge >= 0.3 is 0 Å². The van der Waals surface area contributed by atoms with Crippen LogP contribution in [0.3, 0.4) is 0 Å². The molecule has 1 unspecified atom stereocenters. The average molecular weight is 297 g/mol. The van der Waals surface area contributed by atoms with Crippen molar-refractivity contribution in [2.75, 3.05) is 0 Å². The molecular weight excluding hydrogens is 288 g/mol. The van der Waals surface area contributed by atoms with E-state index in [1.807, 2.05) is 0 Å². The molecule has 0 radical (unpaired) electrons. The van der Waals surface area contributed by atoms with Gasteiger partial charge in [-0.1, -0.05) is 0 Å². The fourth-order valence-corrected chi connectivity index (χ4v) is 4.99. The molecule has 0 bridgehead atoms. The van der Waals surface area contributed by atoms with Gasteiger partial charge in [-0.2, -0.15) is 0 Å². The summed E-state index contributed by atoms with van der Waals surface area (Å²) in [5.74, 6) is -0.227. The molecule has 0 aromatic rings. The largest absolute Gasteiger partial charge is 0.320 e. The van der Waals surface area contributed by atoms with Crippen LogP contribution in [-0.4, -0.2) is 16.8 Å². The molecule has 7 heteroatoms. The van der Waals surface area contributed by atoms with Gasteiger partial charge in [0.05, 0.1) is 10.0 Å². The minimum Gasteiger partial charge on any atom is -0.320 e. The Morgan fingerprint density at radius 3 is 2.43 bits per heavy atom. The number of carbonyl (C=O) groups excluding carboxylic acids is 2. The average Bonchev–Trinajstić information content (AvgIpc) is 2.28. The summed E-state index contributed by atoms with van der Waals surface area (Å²) in [6.45, 7) is 2.90. The van der Waals surface area contributed by atoms with Gasteiger partial charge in [-0.25, -0.2) is 0 Å². The van der Waals surface area contributed by atoms with Crippen molar-refractivity contribution < 1.29 is 9.59 Å². The maximum Gasteiger partial charge on any atom is 0.221 e. The summed E-state index contributed by atoms with van der Waals surface area (Å²) in [4.78, 5) is 22.3. The van der Waals surface area contributed by atoms with Gasteiger partial charge in [-0.05, 0) is 33.6 Å². The monoisotopic (exact) mass is 296 g/mol. The molecule has 0 aliphatic carbocycles. The number of hydrogen-bond donors (Lipinski definition) is 2. The van der Waals surface area contributed by atoms with Gasteiger partial charge in [0.25, 0.3) is 0 Å². The number of halogens is 1. The standard InChI is InChI=1S/C7H9BrN2O2S2/c1-4(11)9-6-3-7(10-5(2)12)14(8)13-6/h3H,1-2H3,(H,9,11)(H,10,12). The summed E-state index contributed by atoms with van der Waals surface area (Å²) in [7, 11) is 1.19. The van der Waals surface area contributed by atoms with E-state index in [1.54, 1.807) is 6.08 Å². The Kier molecular flexibility index (Phi) is 4.21.